The summed E-state index contributed by atoms with van der Waals surface area (Å²) in [6.45, 7) is 3.12. The molecule has 1 heterocycles. The van der Waals surface area contributed by atoms with Gasteiger partial charge >= 0.3 is 6.01 Å². The van der Waals surface area contributed by atoms with Crippen molar-refractivity contribution in [1.29, 1.82) is 0 Å². The summed E-state index contributed by atoms with van der Waals surface area (Å²) < 4.78 is 5.01. The van der Waals surface area contributed by atoms with Crippen LogP contribution >= 0.6 is 0 Å². The number of nitrogens with one attached hydrogen (secondary N) is 3. The molecule has 1 aliphatic rings. The van der Waals surface area contributed by atoms with Crippen molar-refractivity contribution in [3.63, 3.8) is 0 Å². The van der Waals surface area contributed by atoms with Crippen LogP contribution in [-0.4, -0.2) is 47.1 Å². The quantitative estimate of drug-likeness (QED) is 0.633. The minimum Gasteiger partial charge on any atom is -0.467 e. The summed E-state index contributed by atoms with van der Waals surface area (Å²) in [7, 11) is 1.50. The second-order valence-corrected chi connectivity index (χ2v) is 4.52. The van der Waals surface area contributed by atoms with Gasteiger partial charge in [-0.05, 0) is 19.8 Å². The van der Waals surface area contributed by atoms with Crippen molar-refractivity contribution in [2.24, 2.45) is 0 Å². The van der Waals surface area contributed by atoms with E-state index in [1.165, 1.54) is 7.11 Å². The molecule has 110 valence electrons. The second kappa shape index (κ2) is 6.88. The lowest BCUT2D eigenvalue weighted by atomic mass is 10.4. The number of hydrogen-bond donors (Lipinski definition) is 3. The van der Waals surface area contributed by atoms with Crippen LogP contribution in [0.15, 0.2) is 0 Å². The van der Waals surface area contributed by atoms with E-state index in [2.05, 4.69) is 30.9 Å². The number of ether oxygens (including phenoxy) is 1. The molecule has 0 aromatic carbocycles. The van der Waals surface area contributed by atoms with Crippen LogP contribution < -0.4 is 20.7 Å². The molecule has 1 aromatic rings. The number of methoxy groups -OCH3 is 1. The van der Waals surface area contributed by atoms with E-state index in [4.69, 9.17) is 4.74 Å². The van der Waals surface area contributed by atoms with Gasteiger partial charge in [-0.1, -0.05) is 0 Å². The number of amides is 1. The van der Waals surface area contributed by atoms with Crippen LogP contribution in [0.4, 0.5) is 11.9 Å². The fourth-order valence-corrected chi connectivity index (χ4v) is 1.58. The van der Waals surface area contributed by atoms with Gasteiger partial charge in [-0.25, -0.2) is 0 Å². The predicted molar refractivity (Wildman–Crippen MR) is 74.8 cm³/mol. The SMILES string of the molecule is CCNc1nc(NCCC(=O)NC2CC2)nc(OC)n1. The van der Waals surface area contributed by atoms with E-state index in [0.717, 1.165) is 12.8 Å². The molecule has 0 unspecified atom stereocenters. The van der Waals surface area contributed by atoms with Crippen LogP contribution in [0.3, 0.4) is 0 Å². The van der Waals surface area contributed by atoms with Crippen molar-refractivity contribution in [1.82, 2.24) is 20.3 Å². The van der Waals surface area contributed by atoms with Crippen LogP contribution in [0.2, 0.25) is 0 Å². The Balaban J connectivity index is 1.83. The van der Waals surface area contributed by atoms with Crippen molar-refractivity contribution in [2.45, 2.75) is 32.2 Å². The van der Waals surface area contributed by atoms with Gasteiger partial charge in [-0.3, -0.25) is 4.79 Å². The minimum absolute atomic E-state index is 0.0490. The van der Waals surface area contributed by atoms with E-state index in [1.807, 2.05) is 6.92 Å². The van der Waals surface area contributed by atoms with Crippen molar-refractivity contribution in [3.05, 3.63) is 0 Å². The Morgan fingerprint density at radius 1 is 1.25 bits per heavy atom. The van der Waals surface area contributed by atoms with Crippen molar-refractivity contribution < 1.29 is 9.53 Å². The minimum atomic E-state index is 0.0490. The Morgan fingerprint density at radius 3 is 2.55 bits per heavy atom. The van der Waals surface area contributed by atoms with Gasteiger partial charge in [0.2, 0.25) is 17.8 Å². The van der Waals surface area contributed by atoms with E-state index in [-0.39, 0.29) is 11.9 Å². The first-order valence-electron chi connectivity index (χ1n) is 6.78. The Labute approximate surface area is 117 Å². The average Bonchev–Trinajstić information content (AvgIpc) is 3.22. The molecule has 1 aromatic heterocycles. The number of carbonyl (C=O) groups excluding carboxylic acids is 1. The Hall–Kier alpha value is -2.12. The third-order valence-corrected chi connectivity index (χ3v) is 2.71. The van der Waals surface area contributed by atoms with Crippen molar-refractivity contribution in [2.75, 3.05) is 30.8 Å². The highest BCUT2D eigenvalue weighted by Gasteiger charge is 2.22. The number of nitrogens with zero attached hydrogens (tertiary/aromatic N) is 3. The molecule has 8 heteroatoms. The maximum atomic E-state index is 11.5. The number of rotatable bonds is 8. The van der Waals surface area contributed by atoms with E-state index in [1.54, 1.807) is 0 Å². The summed E-state index contributed by atoms with van der Waals surface area (Å²) in [6.07, 6.45) is 2.58. The molecule has 0 bridgehead atoms. The molecule has 1 saturated carbocycles. The standard InChI is InChI=1S/C12H20N6O2/c1-3-13-10-16-11(18-12(17-10)20-2)14-7-6-9(19)15-8-4-5-8/h8H,3-7H2,1-2H3,(H,15,19)(H2,13,14,16,17,18). The highest BCUT2D eigenvalue weighted by atomic mass is 16.5. The molecule has 0 atom stereocenters. The first kappa shape index (κ1) is 14.3. The maximum absolute atomic E-state index is 11.5. The van der Waals surface area contributed by atoms with Gasteiger partial charge in [0.05, 0.1) is 7.11 Å². The summed E-state index contributed by atoms with van der Waals surface area (Å²) in [4.78, 5) is 23.9. The number of anilines is 2. The first-order chi connectivity index (χ1) is 9.71. The Morgan fingerprint density at radius 2 is 1.95 bits per heavy atom. The summed E-state index contributed by atoms with van der Waals surface area (Å²) in [5, 5.41) is 8.92. The van der Waals surface area contributed by atoms with E-state index >= 15 is 0 Å². The topological polar surface area (TPSA) is 101 Å². The number of carbonyl (C=O) groups is 1. The zero-order valence-electron chi connectivity index (χ0n) is 11.8. The molecule has 0 aliphatic heterocycles. The average molecular weight is 280 g/mol. The lowest BCUT2D eigenvalue weighted by molar-refractivity contribution is -0.120. The number of hydrogen-bond acceptors (Lipinski definition) is 7. The van der Waals surface area contributed by atoms with Crippen molar-refractivity contribution >= 4 is 17.8 Å². The lowest BCUT2D eigenvalue weighted by Crippen LogP contribution is -2.27. The summed E-state index contributed by atoms with van der Waals surface area (Å²) >= 11 is 0. The van der Waals surface area contributed by atoms with E-state index in [9.17, 15) is 4.79 Å². The molecule has 8 nitrogen and oxygen atoms in total. The van der Waals surface area contributed by atoms with Crippen LogP contribution in [0, 0.1) is 0 Å². The molecule has 20 heavy (non-hydrogen) atoms. The molecule has 2 rings (SSSR count). The molecule has 1 amide bonds. The molecule has 1 aliphatic carbocycles. The van der Waals surface area contributed by atoms with Gasteiger partial charge in [0.15, 0.2) is 0 Å². The van der Waals surface area contributed by atoms with E-state index < -0.39 is 0 Å². The zero-order valence-corrected chi connectivity index (χ0v) is 11.8. The van der Waals surface area contributed by atoms with Gasteiger partial charge in [0, 0.05) is 25.6 Å². The van der Waals surface area contributed by atoms with Crippen LogP contribution in [0.25, 0.3) is 0 Å². The molecular weight excluding hydrogens is 260 g/mol. The van der Waals surface area contributed by atoms with Crippen LogP contribution in [-0.2, 0) is 4.79 Å². The van der Waals surface area contributed by atoms with Gasteiger partial charge in [-0.15, -0.1) is 0 Å². The fraction of sp³-hybridized carbons (Fsp3) is 0.667. The molecule has 0 spiro atoms. The van der Waals surface area contributed by atoms with Crippen LogP contribution in [0.1, 0.15) is 26.2 Å². The van der Waals surface area contributed by atoms with Gasteiger partial charge in [0.1, 0.15) is 0 Å². The Bertz CT molecular complexity index is 463. The smallest absolute Gasteiger partial charge is 0.322 e. The highest BCUT2D eigenvalue weighted by molar-refractivity contribution is 5.77. The zero-order chi connectivity index (χ0) is 14.4. The molecule has 1 fully saturated rings. The number of aromatic nitrogens is 3. The highest BCUT2D eigenvalue weighted by Crippen LogP contribution is 2.18. The lowest BCUT2D eigenvalue weighted by Gasteiger charge is -2.08. The fourth-order valence-electron chi connectivity index (χ4n) is 1.58. The summed E-state index contributed by atoms with van der Waals surface area (Å²) in [5.74, 6) is 0.893. The molecule has 0 saturated heterocycles. The van der Waals surface area contributed by atoms with Gasteiger partial charge < -0.3 is 20.7 Å². The Kier molecular flexibility index (Phi) is 4.91. The van der Waals surface area contributed by atoms with Crippen LogP contribution in [0.5, 0.6) is 6.01 Å². The molecule has 0 radical (unpaired) electrons. The molecule has 3 N–H and O–H groups in total. The normalized spacial score (nSPS) is 13.7. The second-order valence-electron chi connectivity index (χ2n) is 4.52. The first-order valence-corrected chi connectivity index (χ1v) is 6.78. The van der Waals surface area contributed by atoms with E-state index in [0.29, 0.717) is 37.4 Å². The third-order valence-electron chi connectivity index (χ3n) is 2.71. The summed E-state index contributed by atoms with van der Waals surface area (Å²) in [5.41, 5.74) is 0. The molecular formula is C12H20N6O2. The predicted octanol–water partition coefficient (Wildman–Crippen LogP) is 0.393. The van der Waals surface area contributed by atoms with Gasteiger partial charge in [0.25, 0.3) is 0 Å². The summed E-state index contributed by atoms with van der Waals surface area (Å²) in [6, 6.07) is 0.626. The van der Waals surface area contributed by atoms with Crippen molar-refractivity contribution in [3.8, 4) is 6.01 Å². The maximum Gasteiger partial charge on any atom is 0.322 e. The third kappa shape index (κ3) is 4.52. The monoisotopic (exact) mass is 280 g/mol. The van der Waals surface area contributed by atoms with Gasteiger partial charge in [-0.2, -0.15) is 15.0 Å². The largest absolute Gasteiger partial charge is 0.467 e.